The molecule has 0 N–H and O–H groups in total. The Morgan fingerprint density at radius 3 is 2.36 bits per heavy atom. The number of ether oxygens (including phenoxy) is 3. The van der Waals surface area contributed by atoms with E-state index in [9.17, 15) is 4.79 Å². The molecule has 0 amide bonds. The molecule has 3 aromatic rings. The van der Waals surface area contributed by atoms with E-state index in [2.05, 4.69) is 0 Å². The maximum Gasteiger partial charge on any atom is 0.268 e. The normalized spacial score (nSPS) is 10.7. The number of rotatable bonds is 5. The minimum Gasteiger partial charge on any atom is -0.497 e. The molecule has 0 unspecified atom stereocenters. The standard InChI is InChI=1S/C19H18INO4/c1-4-21-16-11-13(24-3)8-9-15(16)18(17(20)19(21)22)25-14-7-5-6-12(10-14)23-2/h5-11H,4H2,1-3H3. The molecule has 1 aromatic heterocycles. The third-order valence-electron chi connectivity index (χ3n) is 3.95. The topological polar surface area (TPSA) is 49.7 Å². The van der Waals surface area contributed by atoms with Gasteiger partial charge in [-0.15, -0.1) is 0 Å². The van der Waals surface area contributed by atoms with E-state index in [4.69, 9.17) is 14.2 Å². The first-order valence-corrected chi connectivity index (χ1v) is 8.88. The summed E-state index contributed by atoms with van der Waals surface area (Å²) < 4.78 is 18.9. The first kappa shape index (κ1) is 17.6. The molecule has 130 valence electrons. The van der Waals surface area contributed by atoms with Gasteiger partial charge in [-0.05, 0) is 53.8 Å². The predicted octanol–water partition coefficient (Wildman–Crippen LogP) is 4.44. The van der Waals surface area contributed by atoms with Crippen molar-refractivity contribution in [2.75, 3.05) is 14.2 Å². The van der Waals surface area contributed by atoms with Crippen molar-refractivity contribution in [2.45, 2.75) is 13.5 Å². The molecule has 0 saturated heterocycles. The van der Waals surface area contributed by atoms with Crippen LogP contribution in [0.15, 0.2) is 47.3 Å². The van der Waals surface area contributed by atoms with E-state index in [1.54, 1.807) is 24.9 Å². The maximum atomic E-state index is 12.8. The van der Waals surface area contributed by atoms with Gasteiger partial charge in [0.05, 0.1) is 19.7 Å². The quantitative estimate of drug-likeness (QED) is 0.539. The van der Waals surface area contributed by atoms with Gasteiger partial charge in [0.15, 0.2) is 5.75 Å². The van der Waals surface area contributed by atoms with Crippen LogP contribution in [0.3, 0.4) is 0 Å². The molecule has 0 aliphatic rings. The average molecular weight is 451 g/mol. The molecule has 0 aliphatic carbocycles. The fourth-order valence-electron chi connectivity index (χ4n) is 2.69. The van der Waals surface area contributed by atoms with Crippen LogP contribution in [0.4, 0.5) is 0 Å². The highest BCUT2D eigenvalue weighted by atomic mass is 127. The van der Waals surface area contributed by atoms with Gasteiger partial charge in [0.25, 0.3) is 5.56 Å². The summed E-state index contributed by atoms with van der Waals surface area (Å²) in [5.41, 5.74) is 0.701. The van der Waals surface area contributed by atoms with Crippen LogP contribution in [0.5, 0.6) is 23.0 Å². The second-order valence-electron chi connectivity index (χ2n) is 5.36. The summed E-state index contributed by atoms with van der Waals surface area (Å²) in [6.07, 6.45) is 0. The second kappa shape index (κ2) is 7.35. The lowest BCUT2D eigenvalue weighted by Crippen LogP contribution is -2.23. The Hall–Kier alpha value is -2.22. The van der Waals surface area contributed by atoms with Gasteiger partial charge in [-0.1, -0.05) is 6.07 Å². The molecule has 0 spiro atoms. The van der Waals surface area contributed by atoms with Gasteiger partial charge in [-0.25, -0.2) is 0 Å². The van der Waals surface area contributed by atoms with E-state index in [0.717, 1.165) is 10.9 Å². The number of benzene rings is 2. The van der Waals surface area contributed by atoms with Gasteiger partial charge in [0, 0.05) is 24.1 Å². The smallest absolute Gasteiger partial charge is 0.268 e. The van der Waals surface area contributed by atoms with Crippen LogP contribution < -0.4 is 19.8 Å². The zero-order valence-corrected chi connectivity index (χ0v) is 16.4. The highest BCUT2D eigenvalue weighted by Crippen LogP contribution is 2.35. The van der Waals surface area contributed by atoms with Crippen molar-refractivity contribution in [2.24, 2.45) is 0 Å². The first-order chi connectivity index (χ1) is 12.1. The van der Waals surface area contributed by atoms with Crippen LogP contribution >= 0.6 is 22.6 Å². The van der Waals surface area contributed by atoms with E-state index in [-0.39, 0.29) is 5.56 Å². The third-order valence-corrected chi connectivity index (χ3v) is 4.90. The Balaban J connectivity index is 2.23. The summed E-state index contributed by atoms with van der Waals surface area (Å²) >= 11 is 2.04. The zero-order valence-electron chi connectivity index (χ0n) is 14.2. The Morgan fingerprint density at radius 2 is 1.68 bits per heavy atom. The van der Waals surface area contributed by atoms with Crippen LogP contribution in [0, 0.1) is 3.57 Å². The number of pyridine rings is 1. The van der Waals surface area contributed by atoms with Gasteiger partial charge in [-0.3, -0.25) is 4.79 Å². The lowest BCUT2D eigenvalue weighted by molar-refractivity contribution is 0.409. The molecule has 0 atom stereocenters. The van der Waals surface area contributed by atoms with Gasteiger partial charge < -0.3 is 18.8 Å². The van der Waals surface area contributed by atoms with E-state index in [1.807, 2.05) is 65.9 Å². The predicted molar refractivity (Wildman–Crippen MR) is 106 cm³/mol. The number of fused-ring (bicyclic) bond motifs is 1. The Kier molecular flexibility index (Phi) is 5.17. The van der Waals surface area contributed by atoms with Gasteiger partial charge in [0.1, 0.15) is 20.8 Å². The number of hydrogen-bond donors (Lipinski definition) is 0. The first-order valence-electron chi connectivity index (χ1n) is 7.81. The minimum atomic E-state index is -0.0817. The highest BCUT2D eigenvalue weighted by Gasteiger charge is 2.17. The molecule has 1 heterocycles. The summed E-state index contributed by atoms with van der Waals surface area (Å²) in [5.74, 6) is 2.55. The van der Waals surface area contributed by atoms with Crippen molar-refractivity contribution in [3.8, 4) is 23.0 Å². The number of nitrogens with zero attached hydrogens (tertiary/aromatic N) is 1. The van der Waals surface area contributed by atoms with Crippen molar-refractivity contribution in [1.29, 1.82) is 0 Å². The summed E-state index contributed by atoms with van der Waals surface area (Å²) in [6, 6.07) is 12.9. The molecular formula is C19H18INO4. The minimum absolute atomic E-state index is 0.0817. The highest BCUT2D eigenvalue weighted by molar-refractivity contribution is 14.1. The lowest BCUT2D eigenvalue weighted by atomic mass is 10.2. The van der Waals surface area contributed by atoms with Crippen molar-refractivity contribution in [1.82, 2.24) is 4.57 Å². The number of hydrogen-bond acceptors (Lipinski definition) is 4. The van der Waals surface area contributed by atoms with Crippen molar-refractivity contribution < 1.29 is 14.2 Å². The largest absolute Gasteiger partial charge is 0.497 e. The van der Waals surface area contributed by atoms with E-state index in [1.165, 1.54) is 0 Å². The SMILES string of the molecule is CCn1c(=O)c(I)c(Oc2cccc(OC)c2)c2ccc(OC)cc21. The summed E-state index contributed by atoms with van der Waals surface area (Å²) in [5, 5.41) is 0.856. The van der Waals surface area contributed by atoms with Crippen LogP contribution in [0.1, 0.15) is 6.92 Å². The van der Waals surface area contributed by atoms with E-state index < -0.39 is 0 Å². The van der Waals surface area contributed by atoms with Crippen LogP contribution in [0.2, 0.25) is 0 Å². The van der Waals surface area contributed by atoms with Crippen molar-refractivity contribution in [3.05, 3.63) is 56.4 Å². The molecule has 0 aliphatic heterocycles. The summed E-state index contributed by atoms with van der Waals surface area (Å²) in [6.45, 7) is 2.51. The van der Waals surface area contributed by atoms with Gasteiger partial charge >= 0.3 is 0 Å². The average Bonchev–Trinajstić information content (AvgIpc) is 2.65. The third kappa shape index (κ3) is 3.30. The van der Waals surface area contributed by atoms with E-state index >= 15 is 0 Å². The second-order valence-corrected chi connectivity index (χ2v) is 6.44. The number of aromatic nitrogens is 1. The van der Waals surface area contributed by atoms with Crippen molar-refractivity contribution >= 4 is 33.5 Å². The molecule has 0 bridgehead atoms. The Morgan fingerprint density at radius 1 is 1.00 bits per heavy atom. The lowest BCUT2D eigenvalue weighted by Gasteiger charge is -2.16. The van der Waals surface area contributed by atoms with Crippen LogP contribution in [0.25, 0.3) is 10.9 Å². The van der Waals surface area contributed by atoms with E-state index in [0.29, 0.717) is 33.1 Å². The van der Waals surface area contributed by atoms with Gasteiger partial charge in [0.2, 0.25) is 0 Å². The zero-order chi connectivity index (χ0) is 18.0. The maximum absolute atomic E-state index is 12.8. The molecular weight excluding hydrogens is 433 g/mol. The molecule has 0 radical (unpaired) electrons. The monoisotopic (exact) mass is 451 g/mol. The summed E-state index contributed by atoms with van der Waals surface area (Å²) in [7, 11) is 3.21. The molecule has 6 heteroatoms. The molecule has 25 heavy (non-hydrogen) atoms. The Labute approximate surface area is 159 Å². The molecule has 3 rings (SSSR count). The van der Waals surface area contributed by atoms with Crippen LogP contribution in [-0.4, -0.2) is 18.8 Å². The molecule has 0 fully saturated rings. The fraction of sp³-hybridized carbons (Fsp3) is 0.211. The van der Waals surface area contributed by atoms with Crippen LogP contribution in [-0.2, 0) is 6.54 Å². The fourth-order valence-corrected chi connectivity index (χ4v) is 3.39. The number of aryl methyl sites for hydroxylation is 1. The summed E-state index contributed by atoms with van der Waals surface area (Å²) in [4.78, 5) is 12.8. The number of methoxy groups -OCH3 is 2. The molecule has 5 nitrogen and oxygen atoms in total. The van der Waals surface area contributed by atoms with Gasteiger partial charge in [-0.2, -0.15) is 0 Å². The Bertz CT molecular complexity index is 981. The molecule has 2 aromatic carbocycles. The number of halogens is 1. The van der Waals surface area contributed by atoms with Crippen molar-refractivity contribution in [3.63, 3.8) is 0 Å². The molecule has 0 saturated carbocycles.